The predicted molar refractivity (Wildman–Crippen MR) is 75.0 cm³/mol. The van der Waals surface area contributed by atoms with E-state index in [4.69, 9.17) is 10.5 Å². The first-order valence-electron chi connectivity index (χ1n) is 6.69. The molecule has 0 saturated carbocycles. The molecule has 19 heavy (non-hydrogen) atoms. The van der Waals surface area contributed by atoms with Crippen LogP contribution in [0.5, 0.6) is 5.75 Å². The fraction of sp³-hybridized carbons (Fsp3) is 0.400. The van der Waals surface area contributed by atoms with Crippen LogP contribution in [0.1, 0.15) is 25.7 Å². The third kappa shape index (κ3) is 4.41. The van der Waals surface area contributed by atoms with Gasteiger partial charge in [-0.25, -0.2) is 4.79 Å². The molecule has 1 aliphatic rings. The maximum Gasteiger partial charge on any atom is 0.412 e. The van der Waals surface area contributed by atoms with Crippen LogP contribution >= 0.6 is 0 Å². The maximum atomic E-state index is 11.8. The Kier molecular flexibility index (Phi) is 4.98. The number of nitrogens with two attached hydrogens (primary N) is 1. The smallest absolute Gasteiger partial charge is 0.410 e. The zero-order valence-electron chi connectivity index (χ0n) is 10.9. The lowest BCUT2D eigenvalue weighted by atomic mass is 9.96. The monoisotopic (exact) mass is 260 g/mol. The Balaban J connectivity index is 1.88. The first-order valence-corrected chi connectivity index (χ1v) is 6.69. The molecule has 4 heteroatoms. The van der Waals surface area contributed by atoms with E-state index in [2.05, 4.69) is 17.5 Å². The van der Waals surface area contributed by atoms with Gasteiger partial charge in [0.25, 0.3) is 0 Å². The molecule has 3 N–H and O–H groups in total. The molecule has 4 nitrogen and oxygen atoms in total. The highest BCUT2D eigenvalue weighted by molar-refractivity contribution is 5.70. The van der Waals surface area contributed by atoms with Gasteiger partial charge in [0.05, 0.1) is 0 Å². The van der Waals surface area contributed by atoms with Crippen LogP contribution in [-0.4, -0.2) is 18.2 Å². The maximum absolute atomic E-state index is 11.8. The second kappa shape index (κ2) is 6.95. The fourth-order valence-corrected chi connectivity index (χ4v) is 2.17. The van der Waals surface area contributed by atoms with E-state index in [1.54, 1.807) is 12.1 Å². The Morgan fingerprint density at radius 2 is 1.84 bits per heavy atom. The number of carbonyl (C=O) groups is 1. The second-order valence-electron chi connectivity index (χ2n) is 4.74. The highest BCUT2D eigenvalue weighted by atomic mass is 16.6. The first-order chi connectivity index (χ1) is 9.25. The van der Waals surface area contributed by atoms with Gasteiger partial charge >= 0.3 is 6.09 Å². The van der Waals surface area contributed by atoms with Gasteiger partial charge in [-0.1, -0.05) is 30.4 Å². The summed E-state index contributed by atoms with van der Waals surface area (Å²) in [4.78, 5) is 11.8. The van der Waals surface area contributed by atoms with Crippen molar-refractivity contribution in [1.82, 2.24) is 5.32 Å². The van der Waals surface area contributed by atoms with Crippen LogP contribution in [0.4, 0.5) is 4.79 Å². The normalized spacial score (nSPS) is 23.2. The molecule has 1 amide bonds. The Morgan fingerprint density at radius 3 is 2.58 bits per heavy atom. The van der Waals surface area contributed by atoms with Gasteiger partial charge in [-0.2, -0.15) is 0 Å². The van der Waals surface area contributed by atoms with Crippen molar-refractivity contribution in [1.29, 1.82) is 0 Å². The van der Waals surface area contributed by atoms with Gasteiger partial charge in [0.15, 0.2) is 0 Å². The fourth-order valence-electron chi connectivity index (χ4n) is 2.17. The molecule has 0 unspecified atom stereocenters. The van der Waals surface area contributed by atoms with Crippen LogP contribution in [0.15, 0.2) is 42.5 Å². The van der Waals surface area contributed by atoms with E-state index in [9.17, 15) is 4.79 Å². The van der Waals surface area contributed by atoms with Crippen molar-refractivity contribution in [2.24, 2.45) is 5.73 Å². The lowest BCUT2D eigenvalue weighted by molar-refractivity contribution is 0.192. The third-order valence-corrected chi connectivity index (χ3v) is 3.25. The number of benzene rings is 1. The summed E-state index contributed by atoms with van der Waals surface area (Å²) in [5.74, 6) is 0.541. The molecule has 0 aromatic heterocycles. The summed E-state index contributed by atoms with van der Waals surface area (Å²) in [5.41, 5.74) is 6.09. The Labute approximate surface area is 113 Å². The summed E-state index contributed by atoms with van der Waals surface area (Å²) >= 11 is 0. The zero-order chi connectivity index (χ0) is 13.5. The molecule has 0 fully saturated rings. The van der Waals surface area contributed by atoms with E-state index in [-0.39, 0.29) is 12.1 Å². The van der Waals surface area contributed by atoms with Gasteiger partial charge in [0, 0.05) is 12.1 Å². The van der Waals surface area contributed by atoms with Crippen molar-refractivity contribution in [3.05, 3.63) is 42.5 Å². The van der Waals surface area contributed by atoms with Gasteiger partial charge in [-0.15, -0.1) is 0 Å². The average Bonchev–Trinajstić information content (AvgIpc) is 2.40. The molecule has 2 atom stereocenters. The lowest BCUT2D eigenvalue weighted by Crippen LogP contribution is -2.48. The zero-order valence-corrected chi connectivity index (χ0v) is 10.9. The molecule has 0 saturated heterocycles. The highest BCUT2D eigenvalue weighted by Crippen LogP contribution is 2.13. The quantitative estimate of drug-likeness (QED) is 0.803. The third-order valence-electron chi connectivity index (χ3n) is 3.25. The van der Waals surface area contributed by atoms with Gasteiger partial charge in [0.1, 0.15) is 5.75 Å². The summed E-state index contributed by atoms with van der Waals surface area (Å²) in [5, 5.41) is 2.86. The van der Waals surface area contributed by atoms with E-state index < -0.39 is 6.09 Å². The SMILES string of the molecule is N[C@H]1CCC=CCC[C@H]1NC(=O)Oc1ccccc1. The minimum atomic E-state index is -0.434. The summed E-state index contributed by atoms with van der Waals surface area (Å²) in [6.07, 6.45) is 7.49. The number of hydrogen-bond acceptors (Lipinski definition) is 3. The van der Waals surface area contributed by atoms with E-state index in [1.807, 2.05) is 18.2 Å². The number of nitrogens with one attached hydrogen (secondary N) is 1. The average molecular weight is 260 g/mol. The molecule has 0 bridgehead atoms. The molecule has 2 rings (SSSR count). The van der Waals surface area contributed by atoms with Crippen molar-refractivity contribution in [2.45, 2.75) is 37.8 Å². The summed E-state index contributed by atoms with van der Waals surface area (Å²) < 4.78 is 5.21. The van der Waals surface area contributed by atoms with Gasteiger partial charge in [-0.3, -0.25) is 0 Å². The Hall–Kier alpha value is -1.81. The Morgan fingerprint density at radius 1 is 1.16 bits per heavy atom. The second-order valence-corrected chi connectivity index (χ2v) is 4.74. The van der Waals surface area contributed by atoms with Crippen molar-refractivity contribution in [3.8, 4) is 5.75 Å². The molecule has 1 aliphatic carbocycles. The van der Waals surface area contributed by atoms with Crippen LogP contribution in [0, 0.1) is 0 Å². The lowest BCUT2D eigenvalue weighted by Gasteiger charge is -2.25. The van der Waals surface area contributed by atoms with E-state index >= 15 is 0 Å². The Bertz CT molecular complexity index is 431. The molecule has 1 aromatic carbocycles. The largest absolute Gasteiger partial charge is 0.412 e. The number of para-hydroxylation sites is 1. The topological polar surface area (TPSA) is 64.3 Å². The van der Waals surface area contributed by atoms with Crippen LogP contribution in [-0.2, 0) is 0 Å². The predicted octanol–water partition coefficient (Wildman–Crippen LogP) is 2.60. The highest BCUT2D eigenvalue weighted by Gasteiger charge is 2.20. The molecule has 0 spiro atoms. The van der Waals surface area contributed by atoms with Crippen molar-refractivity contribution >= 4 is 6.09 Å². The number of rotatable bonds is 2. The molecular formula is C15H20N2O2. The number of allylic oxidation sites excluding steroid dienone is 2. The van der Waals surface area contributed by atoms with E-state index in [0.717, 1.165) is 25.7 Å². The van der Waals surface area contributed by atoms with E-state index in [0.29, 0.717) is 5.75 Å². The van der Waals surface area contributed by atoms with Crippen molar-refractivity contribution < 1.29 is 9.53 Å². The molecular weight excluding hydrogens is 240 g/mol. The standard InChI is InChI=1S/C15H20N2O2/c16-13-10-6-1-2-7-11-14(13)17-15(18)19-12-8-4-3-5-9-12/h1-5,8-9,13-14H,6-7,10-11,16H2,(H,17,18)/t13-,14+/m0/s1. The van der Waals surface area contributed by atoms with Crippen LogP contribution < -0.4 is 15.8 Å². The minimum absolute atomic E-state index is 0.0201. The van der Waals surface area contributed by atoms with E-state index in [1.165, 1.54) is 0 Å². The summed E-state index contributed by atoms with van der Waals surface area (Å²) in [6.45, 7) is 0. The summed E-state index contributed by atoms with van der Waals surface area (Å²) in [6, 6.07) is 8.99. The van der Waals surface area contributed by atoms with Crippen LogP contribution in [0.3, 0.4) is 0 Å². The van der Waals surface area contributed by atoms with Gasteiger partial charge < -0.3 is 15.8 Å². The number of ether oxygens (including phenoxy) is 1. The van der Waals surface area contributed by atoms with Gasteiger partial charge in [-0.05, 0) is 37.8 Å². The van der Waals surface area contributed by atoms with Crippen LogP contribution in [0.25, 0.3) is 0 Å². The molecule has 0 aliphatic heterocycles. The molecule has 102 valence electrons. The number of amides is 1. The molecule has 0 heterocycles. The minimum Gasteiger partial charge on any atom is -0.410 e. The summed E-state index contributed by atoms with van der Waals surface area (Å²) in [7, 11) is 0. The van der Waals surface area contributed by atoms with Gasteiger partial charge in [0.2, 0.25) is 0 Å². The first kappa shape index (κ1) is 13.6. The van der Waals surface area contributed by atoms with Crippen molar-refractivity contribution in [2.75, 3.05) is 0 Å². The molecule has 0 radical (unpaired) electrons. The van der Waals surface area contributed by atoms with Crippen molar-refractivity contribution in [3.63, 3.8) is 0 Å². The molecule has 1 aromatic rings. The van der Waals surface area contributed by atoms with Crippen LogP contribution in [0.2, 0.25) is 0 Å². The number of hydrogen-bond donors (Lipinski definition) is 2. The number of carbonyl (C=O) groups excluding carboxylic acids is 1.